The third-order valence-corrected chi connectivity index (χ3v) is 4.41. The lowest BCUT2D eigenvalue weighted by Crippen LogP contribution is -2.51. The number of furan rings is 1. The van der Waals surface area contributed by atoms with E-state index in [1.165, 1.54) is 19.3 Å². The van der Waals surface area contributed by atoms with Crippen molar-refractivity contribution < 1.29 is 9.15 Å². The molecule has 19 heavy (non-hydrogen) atoms. The molecule has 0 aliphatic carbocycles. The Balaban J connectivity index is 1.56. The second-order valence-electron chi connectivity index (χ2n) is 5.80. The molecule has 4 rings (SSSR count). The molecular formula is C16H19NO2. The molecule has 1 aromatic carbocycles. The molecule has 0 spiro atoms. The van der Waals surface area contributed by atoms with Gasteiger partial charge in [-0.1, -0.05) is 18.6 Å². The lowest BCUT2D eigenvalue weighted by molar-refractivity contribution is 0.0931. The van der Waals surface area contributed by atoms with Crippen LogP contribution in [0.15, 0.2) is 34.9 Å². The average Bonchev–Trinajstić information content (AvgIpc) is 2.88. The standard InChI is InChI=1S/C16H19NO2/c1-3-11-7-8-18-16(11)15(6-1)19-14-9-12-4-2-5-13(10-14)17-12/h1,3,6-8,12-14,17H,2,4-5,9-10H2/t12-,13+,14?. The zero-order valence-electron chi connectivity index (χ0n) is 11.0. The Labute approximate surface area is 112 Å². The molecule has 0 radical (unpaired) electrons. The topological polar surface area (TPSA) is 34.4 Å². The minimum absolute atomic E-state index is 0.326. The van der Waals surface area contributed by atoms with E-state index >= 15 is 0 Å². The molecule has 3 atom stereocenters. The second-order valence-corrected chi connectivity index (χ2v) is 5.80. The summed E-state index contributed by atoms with van der Waals surface area (Å²) in [6.07, 6.45) is 8.24. The largest absolute Gasteiger partial charge is 0.486 e. The summed E-state index contributed by atoms with van der Waals surface area (Å²) >= 11 is 0. The van der Waals surface area contributed by atoms with Crippen molar-refractivity contribution in [3.05, 3.63) is 30.5 Å². The van der Waals surface area contributed by atoms with Gasteiger partial charge in [0.05, 0.1) is 6.26 Å². The minimum Gasteiger partial charge on any atom is -0.486 e. The van der Waals surface area contributed by atoms with E-state index in [4.69, 9.17) is 9.15 Å². The molecule has 3 heterocycles. The van der Waals surface area contributed by atoms with Gasteiger partial charge in [0, 0.05) is 17.5 Å². The minimum atomic E-state index is 0.326. The molecule has 100 valence electrons. The van der Waals surface area contributed by atoms with Gasteiger partial charge in [-0.2, -0.15) is 0 Å². The van der Waals surface area contributed by atoms with E-state index in [1.807, 2.05) is 18.2 Å². The van der Waals surface area contributed by atoms with Crippen LogP contribution < -0.4 is 10.1 Å². The van der Waals surface area contributed by atoms with Gasteiger partial charge in [-0.3, -0.25) is 0 Å². The third kappa shape index (κ3) is 2.12. The van der Waals surface area contributed by atoms with Crippen LogP contribution in [0, 0.1) is 0 Å². The van der Waals surface area contributed by atoms with Crippen molar-refractivity contribution in [2.45, 2.75) is 50.3 Å². The summed E-state index contributed by atoms with van der Waals surface area (Å²) in [6.45, 7) is 0. The number of ether oxygens (including phenoxy) is 1. The third-order valence-electron chi connectivity index (χ3n) is 4.41. The summed E-state index contributed by atoms with van der Waals surface area (Å²) in [7, 11) is 0. The van der Waals surface area contributed by atoms with Crippen molar-refractivity contribution in [1.29, 1.82) is 0 Å². The van der Waals surface area contributed by atoms with E-state index in [1.54, 1.807) is 6.26 Å². The first-order valence-electron chi connectivity index (χ1n) is 7.27. The maximum atomic E-state index is 6.23. The zero-order chi connectivity index (χ0) is 12.7. The summed E-state index contributed by atoms with van der Waals surface area (Å²) in [4.78, 5) is 0. The quantitative estimate of drug-likeness (QED) is 0.894. The van der Waals surface area contributed by atoms with Crippen LogP contribution in [0.25, 0.3) is 11.0 Å². The molecule has 2 bridgehead atoms. The van der Waals surface area contributed by atoms with Gasteiger partial charge in [-0.25, -0.2) is 0 Å². The first-order chi connectivity index (χ1) is 9.38. The van der Waals surface area contributed by atoms with Crippen molar-refractivity contribution in [3.8, 4) is 5.75 Å². The summed E-state index contributed by atoms with van der Waals surface area (Å²) in [6, 6.07) is 9.39. The molecule has 2 saturated heterocycles. The Hall–Kier alpha value is -1.48. The monoisotopic (exact) mass is 257 g/mol. The van der Waals surface area contributed by atoms with Gasteiger partial charge in [0.25, 0.3) is 0 Å². The Kier molecular flexibility index (Phi) is 2.73. The Morgan fingerprint density at radius 1 is 1.11 bits per heavy atom. The highest BCUT2D eigenvalue weighted by atomic mass is 16.5. The fourth-order valence-electron chi connectivity index (χ4n) is 3.55. The van der Waals surface area contributed by atoms with Crippen molar-refractivity contribution in [2.24, 2.45) is 0 Å². The highest BCUT2D eigenvalue weighted by Crippen LogP contribution is 2.32. The van der Waals surface area contributed by atoms with E-state index in [-0.39, 0.29) is 0 Å². The molecule has 1 unspecified atom stereocenters. The van der Waals surface area contributed by atoms with E-state index < -0.39 is 0 Å². The molecule has 3 heteroatoms. The fraction of sp³-hybridized carbons (Fsp3) is 0.500. The van der Waals surface area contributed by atoms with Gasteiger partial charge in [-0.15, -0.1) is 0 Å². The molecule has 3 nitrogen and oxygen atoms in total. The highest BCUT2D eigenvalue weighted by molar-refractivity contribution is 5.82. The molecule has 2 fully saturated rings. The van der Waals surface area contributed by atoms with Crippen LogP contribution in [-0.2, 0) is 0 Å². The summed E-state index contributed by atoms with van der Waals surface area (Å²) in [5.74, 6) is 0.896. The normalized spacial score (nSPS) is 30.4. The van der Waals surface area contributed by atoms with Crippen molar-refractivity contribution in [3.63, 3.8) is 0 Å². The highest BCUT2D eigenvalue weighted by Gasteiger charge is 2.32. The molecule has 1 aromatic heterocycles. The summed E-state index contributed by atoms with van der Waals surface area (Å²) in [5.41, 5.74) is 0.881. The second kappa shape index (κ2) is 4.57. The maximum absolute atomic E-state index is 6.23. The average molecular weight is 257 g/mol. The Morgan fingerprint density at radius 2 is 1.95 bits per heavy atom. The fourth-order valence-corrected chi connectivity index (χ4v) is 3.55. The molecule has 2 aromatic rings. The van der Waals surface area contributed by atoms with Crippen molar-refractivity contribution in [1.82, 2.24) is 5.32 Å². The summed E-state index contributed by atoms with van der Waals surface area (Å²) in [5, 5.41) is 4.81. The van der Waals surface area contributed by atoms with Gasteiger partial charge in [0.1, 0.15) is 6.10 Å². The number of para-hydroxylation sites is 1. The zero-order valence-corrected chi connectivity index (χ0v) is 11.0. The summed E-state index contributed by atoms with van der Waals surface area (Å²) < 4.78 is 11.8. The van der Waals surface area contributed by atoms with Crippen LogP contribution in [0.4, 0.5) is 0 Å². The lowest BCUT2D eigenvalue weighted by Gasteiger charge is -2.40. The van der Waals surface area contributed by atoms with Gasteiger partial charge in [0.2, 0.25) is 0 Å². The number of nitrogens with one attached hydrogen (secondary N) is 1. The van der Waals surface area contributed by atoms with E-state index in [2.05, 4.69) is 11.4 Å². The van der Waals surface area contributed by atoms with Crippen molar-refractivity contribution >= 4 is 11.0 Å². The van der Waals surface area contributed by atoms with Crippen LogP contribution in [0.5, 0.6) is 5.75 Å². The van der Waals surface area contributed by atoms with Gasteiger partial charge >= 0.3 is 0 Å². The van der Waals surface area contributed by atoms with Crippen LogP contribution in [0.3, 0.4) is 0 Å². The number of hydrogen-bond donors (Lipinski definition) is 1. The van der Waals surface area contributed by atoms with E-state index in [0.29, 0.717) is 18.2 Å². The molecular weight excluding hydrogens is 238 g/mol. The maximum Gasteiger partial charge on any atom is 0.175 e. The SMILES string of the molecule is c1cc(OC2C[C@H]3CCC[C@@H](C2)N3)c2occc2c1. The van der Waals surface area contributed by atoms with Crippen LogP contribution >= 0.6 is 0 Å². The number of hydrogen-bond acceptors (Lipinski definition) is 3. The Morgan fingerprint density at radius 3 is 2.79 bits per heavy atom. The van der Waals surface area contributed by atoms with Gasteiger partial charge < -0.3 is 14.5 Å². The van der Waals surface area contributed by atoms with Crippen LogP contribution in [0.1, 0.15) is 32.1 Å². The van der Waals surface area contributed by atoms with E-state index in [9.17, 15) is 0 Å². The lowest BCUT2D eigenvalue weighted by atomic mass is 9.85. The number of benzene rings is 1. The molecule has 0 amide bonds. The number of rotatable bonds is 2. The molecule has 2 aliphatic heterocycles. The van der Waals surface area contributed by atoms with E-state index in [0.717, 1.165) is 29.6 Å². The Bertz CT molecular complexity index is 565. The smallest absolute Gasteiger partial charge is 0.175 e. The van der Waals surface area contributed by atoms with Crippen LogP contribution in [0.2, 0.25) is 0 Å². The first-order valence-corrected chi connectivity index (χ1v) is 7.27. The van der Waals surface area contributed by atoms with Gasteiger partial charge in [0.15, 0.2) is 11.3 Å². The first kappa shape index (κ1) is 11.4. The predicted molar refractivity (Wildman–Crippen MR) is 74.4 cm³/mol. The molecule has 1 N–H and O–H groups in total. The number of piperidine rings is 2. The predicted octanol–water partition coefficient (Wildman–Crippen LogP) is 3.48. The van der Waals surface area contributed by atoms with Crippen molar-refractivity contribution in [2.75, 3.05) is 0 Å². The van der Waals surface area contributed by atoms with Crippen LogP contribution in [-0.4, -0.2) is 18.2 Å². The number of fused-ring (bicyclic) bond motifs is 3. The molecule has 0 saturated carbocycles. The molecule has 2 aliphatic rings. The van der Waals surface area contributed by atoms with Gasteiger partial charge in [-0.05, 0) is 37.8 Å².